The van der Waals surface area contributed by atoms with Gasteiger partial charge in [-0.1, -0.05) is 6.42 Å². The summed E-state index contributed by atoms with van der Waals surface area (Å²) in [6.07, 6.45) is 3.49. The van der Waals surface area contributed by atoms with Gasteiger partial charge in [0.25, 0.3) is 0 Å². The largest absolute Gasteiger partial charge is 0.497 e. The molecule has 0 unspecified atom stereocenters. The van der Waals surface area contributed by atoms with Gasteiger partial charge in [-0.05, 0) is 37.1 Å². The van der Waals surface area contributed by atoms with Gasteiger partial charge in [0.15, 0.2) is 0 Å². The third-order valence-corrected chi connectivity index (χ3v) is 2.84. The second-order valence-corrected chi connectivity index (χ2v) is 3.93. The van der Waals surface area contributed by atoms with Crippen molar-refractivity contribution >= 4 is 0 Å². The van der Waals surface area contributed by atoms with Crippen molar-refractivity contribution in [1.82, 2.24) is 5.32 Å². The first-order valence-corrected chi connectivity index (χ1v) is 5.37. The Hall–Kier alpha value is -1.09. The first-order chi connectivity index (χ1) is 7.29. The average Bonchev–Trinajstić information content (AvgIpc) is 2.29. The number of halogens is 1. The number of hydrogen-bond donors (Lipinski definition) is 1. The van der Waals surface area contributed by atoms with Crippen LogP contribution < -0.4 is 10.1 Å². The number of hydrogen-bond acceptors (Lipinski definition) is 2. The first-order valence-electron chi connectivity index (χ1n) is 5.37. The maximum atomic E-state index is 13.3. The van der Waals surface area contributed by atoms with Crippen molar-refractivity contribution in [3.05, 3.63) is 29.6 Å². The van der Waals surface area contributed by atoms with E-state index in [4.69, 9.17) is 4.74 Å². The number of piperidine rings is 1. The van der Waals surface area contributed by atoms with E-state index in [1.807, 2.05) is 6.07 Å². The van der Waals surface area contributed by atoms with Gasteiger partial charge in [0.05, 0.1) is 7.11 Å². The Balaban J connectivity index is 2.22. The molecule has 0 radical (unpaired) electrons. The summed E-state index contributed by atoms with van der Waals surface area (Å²) in [6.45, 7) is 1.02. The lowest BCUT2D eigenvalue weighted by atomic mass is 9.97. The minimum atomic E-state index is -0.225. The third-order valence-electron chi connectivity index (χ3n) is 2.84. The number of ether oxygens (including phenoxy) is 1. The third kappa shape index (κ3) is 2.48. The van der Waals surface area contributed by atoms with Gasteiger partial charge in [0.1, 0.15) is 11.6 Å². The molecular formula is C12H16FNO. The van der Waals surface area contributed by atoms with Crippen molar-refractivity contribution in [3.63, 3.8) is 0 Å². The Morgan fingerprint density at radius 1 is 1.33 bits per heavy atom. The second kappa shape index (κ2) is 4.62. The fourth-order valence-electron chi connectivity index (χ4n) is 2.04. The van der Waals surface area contributed by atoms with Gasteiger partial charge in [-0.15, -0.1) is 0 Å². The summed E-state index contributed by atoms with van der Waals surface area (Å²) in [5.41, 5.74) is 0.992. The summed E-state index contributed by atoms with van der Waals surface area (Å²) < 4.78 is 18.3. The number of nitrogens with one attached hydrogen (secondary N) is 1. The van der Waals surface area contributed by atoms with Crippen LogP contribution in [0.4, 0.5) is 4.39 Å². The zero-order chi connectivity index (χ0) is 10.7. The van der Waals surface area contributed by atoms with Crippen LogP contribution in [-0.2, 0) is 0 Å². The maximum absolute atomic E-state index is 13.3. The monoisotopic (exact) mass is 209 g/mol. The summed E-state index contributed by atoms with van der Waals surface area (Å²) in [6, 6.07) is 5.19. The molecule has 3 heteroatoms. The maximum Gasteiger partial charge on any atom is 0.127 e. The van der Waals surface area contributed by atoms with Crippen molar-refractivity contribution in [2.45, 2.75) is 25.3 Å². The van der Waals surface area contributed by atoms with Gasteiger partial charge in [0.2, 0.25) is 0 Å². The van der Waals surface area contributed by atoms with E-state index in [1.165, 1.54) is 18.9 Å². The lowest BCUT2D eigenvalue weighted by Crippen LogP contribution is -2.26. The molecule has 1 fully saturated rings. The highest BCUT2D eigenvalue weighted by molar-refractivity contribution is 5.31. The molecule has 0 amide bonds. The normalized spacial score (nSPS) is 21.3. The SMILES string of the molecule is COc1cc(F)cc([C@H]2CCCCN2)c1. The predicted octanol–water partition coefficient (Wildman–Crippen LogP) is 2.65. The van der Waals surface area contributed by atoms with Crippen molar-refractivity contribution in [2.75, 3.05) is 13.7 Å². The van der Waals surface area contributed by atoms with E-state index in [0.29, 0.717) is 5.75 Å². The molecule has 1 heterocycles. The molecule has 0 aromatic heterocycles. The summed E-state index contributed by atoms with van der Waals surface area (Å²) in [5.74, 6) is 0.370. The molecular weight excluding hydrogens is 193 g/mol. The van der Waals surface area contributed by atoms with E-state index in [-0.39, 0.29) is 11.9 Å². The van der Waals surface area contributed by atoms with Gasteiger partial charge in [-0.2, -0.15) is 0 Å². The minimum Gasteiger partial charge on any atom is -0.497 e. The quantitative estimate of drug-likeness (QED) is 0.808. The van der Waals surface area contributed by atoms with E-state index in [1.54, 1.807) is 13.2 Å². The molecule has 0 bridgehead atoms. The number of rotatable bonds is 2. The molecule has 1 aromatic rings. The molecule has 1 aliphatic heterocycles. The van der Waals surface area contributed by atoms with Crippen LogP contribution in [0.15, 0.2) is 18.2 Å². The minimum absolute atomic E-state index is 0.225. The Labute approximate surface area is 89.4 Å². The van der Waals surface area contributed by atoms with Crippen LogP contribution in [0, 0.1) is 5.82 Å². The first kappa shape index (κ1) is 10.4. The second-order valence-electron chi connectivity index (χ2n) is 3.93. The molecule has 2 nitrogen and oxygen atoms in total. The molecule has 0 aliphatic carbocycles. The lowest BCUT2D eigenvalue weighted by Gasteiger charge is -2.24. The van der Waals surface area contributed by atoms with Crippen LogP contribution >= 0.6 is 0 Å². The molecule has 0 spiro atoms. The van der Waals surface area contributed by atoms with Crippen molar-refractivity contribution in [2.24, 2.45) is 0 Å². The standard InChI is InChI=1S/C12H16FNO/c1-15-11-7-9(6-10(13)8-11)12-4-2-3-5-14-12/h6-8,12,14H,2-5H2,1H3/t12-/m1/s1. The van der Waals surface area contributed by atoms with Gasteiger partial charge in [-0.3, -0.25) is 0 Å². The van der Waals surface area contributed by atoms with Crippen LogP contribution in [-0.4, -0.2) is 13.7 Å². The molecule has 15 heavy (non-hydrogen) atoms. The Bertz CT molecular complexity index is 334. The average molecular weight is 209 g/mol. The summed E-state index contributed by atoms with van der Waals surface area (Å²) in [7, 11) is 1.56. The van der Waals surface area contributed by atoms with E-state index in [0.717, 1.165) is 18.5 Å². The number of methoxy groups -OCH3 is 1. The fraction of sp³-hybridized carbons (Fsp3) is 0.500. The van der Waals surface area contributed by atoms with Crippen LogP contribution in [0.2, 0.25) is 0 Å². The van der Waals surface area contributed by atoms with Crippen LogP contribution in [0.5, 0.6) is 5.75 Å². The van der Waals surface area contributed by atoms with E-state index in [9.17, 15) is 4.39 Å². The number of benzene rings is 1. The van der Waals surface area contributed by atoms with E-state index >= 15 is 0 Å². The Morgan fingerprint density at radius 3 is 2.87 bits per heavy atom. The highest BCUT2D eigenvalue weighted by atomic mass is 19.1. The molecule has 0 saturated carbocycles. The summed E-state index contributed by atoms with van der Waals surface area (Å²) in [5, 5.41) is 3.39. The van der Waals surface area contributed by atoms with Crippen LogP contribution in [0.25, 0.3) is 0 Å². The summed E-state index contributed by atoms with van der Waals surface area (Å²) >= 11 is 0. The van der Waals surface area contributed by atoms with Crippen LogP contribution in [0.3, 0.4) is 0 Å². The van der Waals surface area contributed by atoms with E-state index in [2.05, 4.69) is 5.32 Å². The highest BCUT2D eigenvalue weighted by Crippen LogP contribution is 2.26. The fourth-order valence-corrected chi connectivity index (χ4v) is 2.04. The van der Waals surface area contributed by atoms with Gasteiger partial charge >= 0.3 is 0 Å². The van der Waals surface area contributed by atoms with Gasteiger partial charge < -0.3 is 10.1 Å². The molecule has 1 atom stereocenters. The molecule has 2 rings (SSSR count). The smallest absolute Gasteiger partial charge is 0.127 e. The zero-order valence-corrected chi connectivity index (χ0v) is 8.92. The highest BCUT2D eigenvalue weighted by Gasteiger charge is 2.15. The van der Waals surface area contributed by atoms with Crippen molar-refractivity contribution in [3.8, 4) is 5.75 Å². The predicted molar refractivity (Wildman–Crippen MR) is 57.5 cm³/mol. The van der Waals surface area contributed by atoms with Crippen LogP contribution in [0.1, 0.15) is 30.9 Å². The molecule has 82 valence electrons. The Morgan fingerprint density at radius 2 is 2.20 bits per heavy atom. The van der Waals surface area contributed by atoms with Crippen molar-refractivity contribution in [1.29, 1.82) is 0 Å². The van der Waals surface area contributed by atoms with Gasteiger partial charge in [-0.25, -0.2) is 4.39 Å². The molecule has 1 aromatic carbocycles. The Kier molecular flexibility index (Phi) is 3.21. The van der Waals surface area contributed by atoms with Gasteiger partial charge in [0, 0.05) is 12.1 Å². The molecule has 1 N–H and O–H groups in total. The summed E-state index contributed by atoms with van der Waals surface area (Å²) in [4.78, 5) is 0. The molecule has 1 aliphatic rings. The zero-order valence-electron chi connectivity index (χ0n) is 8.92. The van der Waals surface area contributed by atoms with Crippen molar-refractivity contribution < 1.29 is 9.13 Å². The van der Waals surface area contributed by atoms with E-state index < -0.39 is 0 Å². The topological polar surface area (TPSA) is 21.3 Å². The molecule has 1 saturated heterocycles. The lowest BCUT2D eigenvalue weighted by molar-refractivity contribution is 0.396.